The Kier molecular flexibility index (Phi) is 3.83. The topological polar surface area (TPSA) is 69.9 Å². The molecule has 0 aliphatic carbocycles. The highest BCUT2D eigenvalue weighted by Gasteiger charge is 2.44. The zero-order valence-corrected chi connectivity index (χ0v) is 8.30. The van der Waals surface area contributed by atoms with Crippen LogP contribution in [-0.4, -0.2) is 46.1 Å². The molecule has 1 aliphatic heterocycles. The van der Waals surface area contributed by atoms with Crippen molar-refractivity contribution < 1.29 is 24.4 Å². The molecule has 0 radical (unpaired) electrons. The molecule has 5 heteroatoms. The largest absolute Gasteiger partial charge is 0.387 e. The van der Waals surface area contributed by atoms with Crippen molar-refractivity contribution in [3.05, 3.63) is 0 Å². The molecule has 0 amide bonds. The van der Waals surface area contributed by atoms with Crippen LogP contribution < -0.4 is 0 Å². The highest BCUT2D eigenvalue weighted by molar-refractivity contribution is 4.89. The molecule has 14 heavy (non-hydrogen) atoms. The molecule has 5 atom stereocenters. The monoisotopic (exact) mass is 208 g/mol. The summed E-state index contributed by atoms with van der Waals surface area (Å²) in [5.74, 6) is 0.226. The van der Waals surface area contributed by atoms with Gasteiger partial charge in [0.15, 0.2) is 12.5 Å². The minimum absolute atomic E-state index is 0.226. The van der Waals surface area contributed by atoms with Crippen molar-refractivity contribution in [2.24, 2.45) is 5.92 Å². The molecule has 0 aromatic carbocycles. The molecule has 1 fully saturated rings. The van der Waals surface area contributed by atoms with Crippen molar-refractivity contribution in [3.8, 4) is 0 Å². The molecule has 84 valence electrons. The van der Waals surface area contributed by atoms with Gasteiger partial charge in [0.25, 0.3) is 0 Å². The van der Waals surface area contributed by atoms with Crippen molar-refractivity contribution in [1.29, 1.82) is 0 Å². The maximum Gasteiger partial charge on any atom is 0.184 e. The molecule has 4 nitrogen and oxygen atoms in total. The molecule has 3 N–H and O–H groups in total. The molecule has 0 spiro atoms. The van der Waals surface area contributed by atoms with Crippen LogP contribution in [0.3, 0.4) is 0 Å². The van der Waals surface area contributed by atoms with Gasteiger partial charge in [0.2, 0.25) is 0 Å². The number of aliphatic hydroxyl groups is 3. The molecular weight excluding hydrogens is 191 g/mol. The number of hydrogen-bond acceptors (Lipinski definition) is 4. The predicted octanol–water partition coefficient (Wildman–Crippen LogP) is -0.190. The van der Waals surface area contributed by atoms with Crippen LogP contribution >= 0.6 is 0 Å². The van der Waals surface area contributed by atoms with Crippen LogP contribution in [0.5, 0.6) is 0 Å². The fourth-order valence-corrected chi connectivity index (χ4v) is 1.56. The van der Waals surface area contributed by atoms with E-state index in [1.165, 1.54) is 0 Å². The summed E-state index contributed by atoms with van der Waals surface area (Å²) in [6.45, 7) is 3.81. The van der Waals surface area contributed by atoms with E-state index in [0.717, 1.165) is 0 Å². The third kappa shape index (κ3) is 2.42. The van der Waals surface area contributed by atoms with Crippen molar-refractivity contribution in [3.63, 3.8) is 0 Å². The summed E-state index contributed by atoms with van der Waals surface area (Å²) >= 11 is 0. The molecular formula is C9H17FO4. The molecule has 0 saturated carbocycles. The fraction of sp³-hybridized carbons (Fsp3) is 1.00. The summed E-state index contributed by atoms with van der Waals surface area (Å²) < 4.78 is 18.1. The van der Waals surface area contributed by atoms with Gasteiger partial charge in [-0.2, -0.15) is 0 Å². The number of ether oxygens (including phenoxy) is 1. The Hall–Kier alpha value is -0.230. The smallest absolute Gasteiger partial charge is 0.184 e. The Morgan fingerprint density at radius 2 is 1.79 bits per heavy atom. The normalized spacial score (nSPS) is 44.4. The highest BCUT2D eigenvalue weighted by Crippen LogP contribution is 2.26. The van der Waals surface area contributed by atoms with Gasteiger partial charge in [-0.25, -0.2) is 4.39 Å². The van der Waals surface area contributed by atoms with E-state index in [1.54, 1.807) is 0 Å². The predicted molar refractivity (Wildman–Crippen MR) is 47.2 cm³/mol. The number of alkyl halides is 1. The average molecular weight is 208 g/mol. The summed E-state index contributed by atoms with van der Waals surface area (Å²) in [7, 11) is 0. The third-order valence-corrected chi connectivity index (χ3v) is 2.34. The van der Waals surface area contributed by atoms with Gasteiger partial charge in [-0.1, -0.05) is 13.8 Å². The zero-order valence-electron chi connectivity index (χ0n) is 8.30. The number of rotatable bonds is 2. The lowest BCUT2D eigenvalue weighted by molar-refractivity contribution is -0.271. The lowest BCUT2D eigenvalue weighted by Crippen LogP contribution is -2.55. The van der Waals surface area contributed by atoms with Gasteiger partial charge >= 0.3 is 0 Å². The quantitative estimate of drug-likeness (QED) is 0.588. The summed E-state index contributed by atoms with van der Waals surface area (Å²) in [6, 6.07) is 0. The Labute approximate surface area is 82.3 Å². The lowest BCUT2D eigenvalue weighted by Gasteiger charge is -2.37. The third-order valence-electron chi connectivity index (χ3n) is 2.34. The number of aliphatic hydroxyl groups excluding tert-OH is 3. The Bertz CT molecular complexity index is 188. The van der Waals surface area contributed by atoms with Crippen LogP contribution in [0.4, 0.5) is 4.39 Å². The first-order chi connectivity index (χ1) is 6.43. The maximum atomic E-state index is 13.2. The maximum absolute atomic E-state index is 13.2. The molecule has 1 aliphatic rings. The number of halogens is 1. The summed E-state index contributed by atoms with van der Waals surface area (Å²) in [5, 5.41) is 27.6. The Morgan fingerprint density at radius 1 is 1.21 bits per heavy atom. The number of hydrogen-bond donors (Lipinski definition) is 3. The van der Waals surface area contributed by atoms with Gasteiger partial charge in [0.05, 0.1) is 6.10 Å². The SMILES string of the molecule is CC(C)CC1OC(O)C(O)C(F)C1O. The standard InChI is InChI=1S/C9H17FO4/c1-4(2)3-5-7(11)6(10)8(12)9(13)14-5/h4-9,11-13H,3H2,1-2H3. The summed E-state index contributed by atoms with van der Waals surface area (Å²) in [5.41, 5.74) is 0. The van der Waals surface area contributed by atoms with E-state index in [2.05, 4.69) is 0 Å². The summed E-state index contributed by atoms with van der Waals surface area (Å²) in [4.78, 5) is 0. The lowest BCUT2D eigenvalue weighted by atomic mass is 9.94. The van der Waals surface area contributed by atoms with Gasteiger partial charge in [0.1, 0.15) is 12.2 Å². The van der Waals surface area contributed by atoms with E-state index in [0.29, 0.717) is 6.42 Å². The highest BCUT2D eigenvalue weighted by atomic mass is 19.1. The van der Waals surface area contributed by atoms with Gasteiger partial charge in [-0.3, -0.25) is 0 Å². The van der Waals surface area contributed by atoms with Crippen LogP contribution in [-0.2, 0) is 4.74 Å². The van der Waals surface area contributed by atoms with Crippen LogP contribution in [0.15, 0.2) is 0 Å². The average Bonchev–Trinajstić information content (AvgIpc) is 2.10. The first-order valence-electron chi connectivity index (χ1n) is 4.77. The van der Waals surface area contributed by atoms with Crippen LogP contribution in [0, 0.1) is 5.92 Å². The second-order valence-electron chi connectivity index (χ2n) is 4.12. The molecule has 0 bridgehead atoms. The second kappa shape index (κ2) is 4.53. The van der Waals surface area contributed by atoms with Crippen molar-refractivity contribution >= 4 is 0 Å². The van der Waals surface area contributed by atoms with Crippen molar-refractivity contribution in [2.75, 3.05) is 0 Å². The van der Waals surface area contributed by atoms with E-state index in [4.69, 9.17) is 14.9 Å². The summed E-state index contributed by atoms with van der Waals surface area (Å²) in [6.07, 6.45) is -6.71. The van der Waals surface area contributed by atoms with Crippen LogP contribution in [0.25, 0.3) is 0 Å². The first-order valence-corrected chi connectivity index (χ1v) is 4.77. The van der Waals surface area contributed by atoms with Gasteiger partial charge < -0.3 is 20.1 Å². The molecule has 1 rings (SSSR count). The van der Waals surface area contributed by atoms with Gasteiger partial charge in [0, 0.05) is 0 Å². The van der Waals surface area contributed by atoms with Gasteiger partial charge in [-0.05, 0) is 12.3 Å². The second-order valence-corrected chi connectivity index (χ2v) is 4.12. The van der Waals surface area contributed by atoms with E-state index in [1.807, 2.05) is 13.8 Å². The molecule has 1 heterocycles. The van der Waals surface area contributed by atoms with Crippen molar-refractivity contribution in [1.82, 2.24) is 0 Å². The van der Waals surface area contributed by atoms with Gasteiger partial charge in [-0.15, -0.1) is 0 Å². The fourth-order valence-electron chi connectivity index (χ4n) is 1.56. The molecule has 0 aromatic heterocycles. The van der Waals surface area contributed by atoms with Crippen LogP contribution in [0.2, 0.25) is 0 Å². The van der Waals surface area contributed by atoms with Crippen LogP contribution in [0.1, 0.15) is 20.3 Å². The minimum atomic E-state index is -1.84. The zero-order chi connectivity index (χ0) is 10.9. The van der Waals surface area contributed by atoms with Crippen molar-refractivity contribution in [2.45, 2.75) is 51.0 Å². The van der Waals surface area contributed by atoms with E-state index in [-0.39, 0.29) is 5.92 Å². The molecule has 1 saturated heterocycles. The van der Waals surface area contributed by atoms with E-state index >= 15 is 0 Å². The molecule has 5 unspecified atom stereocenters. The molecule has 0 aromatic rings. The van der Waals surface area contributed by atoms with E-state index < -0.39 is 30.8 Å². The Balaban J connectivity index is 2.60. The van der Waals surface area contributed by atoms with E-state index in [9.17, 15) is 9.50 Å². The minimum Gasteiger partial charge on any atom is -0.387 e. The Morgan fingerprint density at radius 3 is 2.29 bits per heavy atom. The first kappa shape index (κ1) is 11.8.